The molecule has 0 atom stereocenters. The minimum absolute atomic E-state index is 0.306. The van der Waals surface area contributed by atoms with Crippen molar-refractivity contribution in [2.45, 2.75) is 52.0 Å². The summed E-state index contributed by atoms with van der Waals surface area (Å²) in [5.74, 6) is -0.645. The normalized spacial score (nSPS) is 11.3. The number of hydrogen-bond acceptors (Lipinski definition) is 4. The van der Waals surface area contributed by atoms with Crippen molar-refractivity contribution in [1.29, 1.82) is 5.41 Å². The molecule has 0 bridgehead atoms. The Bertz CT molecular complexity index is 1410. The molecule has 1 heterocycles. The van der Waals surface area contributed by atoms with E-state index < -0.39 is 0 Å². The lowest BCUT2D eigenvalue weighted by Crippen LogP contribution is -2.24. The minimum Gasteiger partial charge on any atom is -0.384 e. The molecule has 1 aromatic heterocycles. The SMILES string of the molecule is CC(C)(C)n1ncc(C(=O)Nc2ccc(C=N)c(NCCCCCc3ccccc3)c2)c1-c1ccc(F)cc1. The van der Waals surface area contributed by atoms with Crippen molar-refractivity contribution in [2.75, 3.05) is 17.2 Å². The van der Waals surface area contributed by atoms with Gasteiger partial charge in [-0.1, -0.05) is 36.8 Å². The van der Waals surface area contributed by atoms with Gasteiger partial charge in [-0.25, -0.2) is 4.39 Å². The second kappa shape index (κ2) is 12.5. The van der Waals surface area contributed by atoms with Crippen molar-refractivity contribution in [3.05, 3.63) is 102 Å². The first kappa shape index (κ1) is 27.8. The van der Waals surface area contributed by atoms with Crippen LogP contribution in [0.5, 0.6) is 0 Å². The first-order valence-electron chi connectivity index (χ1n) is 13.3. The van der Waals surface area contributed by atoms with Crippen molar-refractivity contribution in [3.8, 4) is 11.3 Å². The van der Waals surface area contributed by atoms with Crippen LogP contribution >= 0.6 is 0 Å². The lowest BCUT2D eigenvalue weighted by Gasteiger charge is -2.23. The summed E-state index contributed by atoms with van der Waals surface area (Å²) in [5, 5.41) is 18.7. The van der Waals surface area contributed by atoms with Crippen molar-refractivity contribution in [3.63, 3.8) is 0 Å². The number of halogens is 1. The lowest BCUT2D eigenvalue weighted by atomic mass is 10.0. The van der Waals surface area contributed by atoms with E-state index in [1.807, 2.05) is 39.0 Å². The molecule has 0 saturated carbocycles. The monoisotopic (exact) mass is 525 g/mol. The maximum Gasteiger partial charge on any atom is 0.259 e. The number of aromatic nitrogens is 2. The second-order valence-corrected chi connectivity index (χ2v) is 10.6. The fourth-order valence-corrected chi connectivity index (χ4v) is 4.52. The van der Waals surface area contributed by atoms with Gasteiger partial charge in [0.25, 0.3) is 5.91 Å². The van der Waals surface area contributed by atoms with Gasteiger partial charge >= 0.3 is 0 Å². The predicted molar refractivity (Wildman–Crippen MR) is 157 cm³/mol. The smallest absolute Gasteiger partial charge is 0.259 e. The van der Waals surface area contributed by atoms with Gasteiger partial charge in [-0.05, 0) is 88.1 Å². The van der Waals surface area contributed by atoms with Gasteiger partial charge in [0.1, 0.15) is 5.82 Å². The van der Waals surface area contributed by atoms with E-state index in [0.29, 0.717) is 22.5 Å². The van der Waals surface area contributed by atoms with Crippen molar-refractivity contribution in [2.24, 2.45) is 0 Å². The molecule has 0 aliphatic rings. The molecule has 4 rings (SSSR count). The van der Waals surface area contributed by atoms with E-state index in [2.05, 4.69) is 40.0 Å². The number of unbranched alkanes of at least 4 members (excludes halogenated alkanes) is 2. The van der Waals surface area contributed by atoms with Crippen molar-refractivity contribution < 1.29 is 9.18 Å². The summed E-state index contributed by atoms with van der Waals surface area (Å²) in [6.45, 7) is 6.79. The summed E-state index contributed by atoms with van der Waals surface area (Å²) >= 11 is 0. The Morgan fingerprint density at radius 1 is 1.00 bits per heavy atom. The Morgan fingerprint density at radius 3 is 2.44 bits per heavy atom. The van der Waals surface area contributed by atoms with Gasteiger partial charge in [-0.2, -0.15) is 5.10 Å². The molecule has 3 aromatic carbocycles. The zero-order valence-corrected chi connectivity index (χ0v) is 22.8. The third-order valence-electron chi connectivity index (χ3n) is 6.53. The van der Waals surface area contributed by atoms with Crippen LogP contribution in [0.25, 0.3) is 11.3 Å². The Hall–Kier alpha value is -4.26. The Labute approximate surface area is 229 Å². The third-order valence-corrected chi connectivity index (χ3v) is 6.53. The summed E-state index contributed by atoms with van der Waals surface area (Å²) in [5.41, 5.74) is 4.89. The molecule has 0 unspecified atom stereocenters. The average molecular weight is 526 g/mol. The van der Waals surface area contributed by atoms with Gasteiger partial charge in [0.05, 0.1) is 23.0 Å². The zero-order valence-electron chi connectivity index (χ0n) is 22.8. The molecule has 0 spiro atoms. The summed E-state index contributed by atoms with van der Waals surface area (Å²) in [6, 6.07) is 22.0. The predicted octanol–water partition coefficient (Wildman–Crippen LogP) is 7.52. The maximum atomic E-state index is 13.6. The fraction of sp³-hybridized carbons (Fsp3) is 0.281. The molecule has 0 fully saturated rings. The number of benzene rings is 3. The fourth-order valence-electron chi connectivity index (χ4n) is 4.52. The summed E-state index contributed by atoms with van der Waals surface area (Å²) in [6.07, 6.45) is 7.16. The molecular weight excluding hydrogens is 489 g/mol. The molecule has 0 aliphatic heterocycles. The molecule has 3 N–H and O–H groups in total. The first-order chi connectivity index (χ1) is 18.8. The van der Waals surface area contributed by atoms with Gasteiger partial charge in [-0.15, -0.1) is 0 Å². The van der Waals surface area contributed by atoms with Gasteiger partial charge < -0.3 is 16.0 Å². The van der Waals surface area contributed by atoms with Crippen LogP contribution in [0.2, 0.25) is 0 Å². The minimum atomic E-state index is -0.383. The van der Waals surface area contributed by atoms with Gasteiger partial charge in [0, 0.05) is 35.3 Å². The number of carbonyl (C=O) groups is 1. The highest BCUT2D eigenvalue weighted by atomic mass is 19.1. The number of aryl methyl sites for hydroxylation is 1. The van der Waals surface area contributed by atoms with Crippen LogP contribution in [0.15, 0.2) is 79.0 Å². The van der Waals surface area contributed by atoms with Crippen LogP contribution < -0.4 is 10.6 Å². The van der Waals surface area contributed by atoms with Crippen LogP contribution in [0.1, 0.15) is 61.5 Å². The van der Waals surface area contributed by atoms with E-state index in [0.717, 1.165) is 43.5 Å². The number of nitrogens with zero attached hydrogens (tertiary/aromatic N) is 2. The molecule has 7 heteroatoms. The number of carbonyl (C=O) groups excluding carboxylic acids is 1. The lowest BCUT2D eigenvalue weighted by molar-refractivity contribution is 0.102. The van der Waals surface area contributed by atoms with Crippen LogP contribution in [0.4, 0.5) is 15.8 Å². The van der Waals surface area contributed by atoms with Crippen molar-refractivity contribution in [1.82, 2.24) is 9.78 Å². The Morgan fingerprint density at radius 2 is 1.74 bits per heavy atom. The number of nitrogens with one attached hydrogen (secondary N) is 3. The largest absolute Gasteiger partial charge is 0.384 e. The Kier molecular flexibility index (Phi) is 8.92. The molecule has 202 valence electrons. The van der Waals surface area contributed by atoms with E-state index in [4.69, 9.17) is 5.41 Å². The quantitative estimate of drug-likeness (QED) is 0.140. The molecule has 6 nitrogen and oxygen atoms in total. The number of hydrogen-bond donors (Lipinski definition) is 3. The van der Waals surface area contributed by atoms with E-state index >= 15 is 0 Å². The van der Waals surface area contributed by atoms with Crippen LogP contribution in [-0.2, 0) is 12.0 Å². The second-order valence-electron chi connectivity index (χ2n) is 10.6. The summed E-state index contributed by atoms with van der Waals surface area (Å²) in [7, 11) is 0. The van der Waals surface area contributed by atoms with Gasteiger partial charge in [-0.3, -0.25) is 9.48 Å². The molecule has 1 amide bonds. The Balaban J connectivity index is 1.44. The standard InChI is InChI=1S/C32H36FN5O/c1-32(2,3)38-30(24-13-16-26(33)17-14-24)28(22-36-38)31(39)37-27-18-15-25(21-34)29(20-27)35-19-9-5-8-12-23-10-6-4-7-11-23/h4,6-7,10-11,13-18,20-22,34-35H,5,8-9,12,19H2,1-3H3,(H,37,39). The topological polar surface area (TPSA) is 82.8 Å². The molecule has 0 aliphatic carbocycles. The molecule has 39 heavy (non-hydrogen) atoms. The van der Waals surface area contributed by atoms with Gasteiger partial charge in [0.15, 0.2) is 0 Å². The molecule has 0 radical (unpaired) electrons. The first-order valence-corrected chi connectivity index (χ1v) is 13.3. The van der Waals surface area contributed by atoms with Crippen molar-refractivity contribution >= 4 is 23.5 Å². The highest BCUT2D eigenvalue weighted by Crippen LogP contribution is 2.30. The number of anilines is 2. The third kappa shape index (κ3) is 7.19. The zero-order chi connectivity index (χ0) is 27.8. The highest BCUT2D eigenvalue weighted by molar-refractivity contribution is 6.08. The van der Waals surface area contributed by atoms with Crippen LogP contribution in [0.3, 0.4) is 0 Å². The molecular formula is C32H36FN5O. The van der Waals surface area contributed by atoms with Crippen LogP contribution in [0, 0.1) is 11.2 Å². The number of amides is 1. The summed E-state index contributed by atoms with van der Waals surface area (Å²) < 4.78 is 15.4. The van der Waals surface area contributed by atoms with E-state index in [1.165, 1.54) is 23.9 Å². The molecule has 4 aromatic rings. The van der Waals surface area contributed by atoms with E-state index in [1.54, 1.807) is 29.1 Å². The summed E-state index contributed by atoms with van der Waals surface area (Å²) in [4.78, 5) is 13.4. The number of rotatable bonds is 11. The average Bonchev–Trinajstić information content (AvgIpc) is 3.38. The highest BCUT2D eigenvalue weighted by Gasteiger charge is 2.25. The van der Waals surface area contributed by atoms with E-state index in [-0.39, 0.29) is 17.3 Å². The van der Waals surface area contributed by atoms with Crippen LogP contribution in [-0.4, -0.2) is 28.4 Å². The van der Waals surface area contributed by atoms with Gasteiger partial charge in [0.2, 0.25) is 0 Å². The van der Waals surface area contributed by atoms with E-state index in [9.17, 15) is 9.18 Å². The molecule has 0 saturated heterocycles. The maximum absolute atomic E-state index is 13.6.